The average molecular weight is 341 g/mol. The molecule has 0 saturated heterocycles. The van der Waals surface area contributed by atoms with E-state index in [1.807, 2.05) is 0 Å². The number of carboxylic acid groups (broad SMARTS) is 1. The molecule has 0 unspecified atom stereocenters. The monoisotopic (exact) mass is 341 g/mol. The number of phenolic OH excluding ortho intramolecular Hbond substituents is 1. The summed E-state index contributed by atoms with van der Waals surface area (Å²) in [6.07, 6.45) is 0.0471. The minimum Gasteiger partial charge on any atom is -0.508 e. The Morgan fingerprint density at radius 3 is 2.35 bits per heavy atom. The Morgan fingerprint density at radius 2 is 1.83 bits per heavy atom. The van der Waals surface area contributed by atoms with Gasteiger partial charge >= 0.3 is 5.97 Å². The molecule has 0 aliphatic rings. The van der Waals surface area contributed by atoms with Gasteiger partial charge in [0.2, 0.25) is 11.8 Å². The minimum absolute atomic E-state index is 0.0471. The number of aliphatic carboxylic acids is 1. The van der Waals surface area contributed by atoms with Gasteiger partial charge in [0, 0.05) is 12.2 Å². The largest absolute Gasteiger partial charge is 0.508 e. The highest BCUT2D eigenvalue weighted by molar-refractivity contribution is 7.80. The average Bonchev–Trinajstić information content (AvgIpc) is 2.53. The number of phenols is 1. The van der Waals surface area contributed by atoms with Crippen molar-refractivity contribution in [2.45, 2.75) is 18.5 Å². The van der Waals surface area contributed by atoms with Crippen LogP contribution >= 0.6 is 12.6 Å². The van der Waals surface area contributed by atoms with Crippen LogP contribution in [0.5, 0.6) is 5.75 Å². The van der Waals surface area contributed by atoms with Gasteiger partial charge in [-0.15, -0.1) is 0 Å². The Balaban J connectivity index is 2.55. The summed E-state index contributed by atoms with van der Waals surface area (Å²) in [7, 11) is 0. The molecule has 1 aromatic carbocycles. The summed E-state index contributed by atoms with van der Waals surface area (Å²) >= 11 is 3.86. The molecule has 0 fully saturated rings. The van der Waals surface area contributed by atoms with Gasteiger partial charge in [-0.25, -0.2) is 4.79 Å². The third-order valence-electron chi connectivity index (χ3n) is 2.97. The number of aromatic hydroxyl groups is 1. The Bertz CT molecular complexity index is 564. The van der Waals surface area contributed by atoms with Crippen LogP contribution in [-0.4, -0.2) is 52.4 Å². The summed E-state index contributed by atoms with van der Waals surface area (Å²) < 4.78 is 0. The Labute approximate surface area is 138 Å². The van der Waals surface area contributed by atoms with E-state index >= 15 is 0 Å². The van der Waals surface area contributed by atoms with Crippen LogP contribution in [-0.2, 0) is 20.8 Å². The number of amides is 2. The smallest absolute Gasteiger partial charge is 0.326 e. The van der Waals surface area contributed by atoms with E-state index in [1.54, 1.807) is 12.1 Å². The van der Waals surface area contributed by atoms with Crippen molar-refractivity contribution in [2.75, 3.05) is 12.3 Å². The highest BCUT2D eigenvalue weighted by Crippen LogP contribution is 2.11. The predicted octanol–water partition coefficient (Wildman–Crippen LogP) is -1.12. The summed E-state index contributed by atoms with van der Waals surface area (Å²) in [6, 6.07) is 3.99. The highest BCUT2D eigenvalue weighted by atomic mass is 32.1. The van der Waals surface area contributed by atoms with Crippen molar-refractivity contribution in [2.24, 2.45) is 5.73 Å². The van der Waals surface area contributed by atoms with Crippen molar-refractivity contribution in [3.8, 4) is 5.75 Å². The van der Waals surface area contributed by atoms with Crippen molar-refractivity contribution >= 4 is 30.4 Å². The Morgan fingerprint density at radius 1 is 1.22 bits per heavy atom. The predicted molar refractivity (Wildman–Crippen MR) is 86.2 cm³/mol. The van der Waals surface area contributed by atoms with Gasteiger partial charge in [0.05, 0.1) is 12.6 Å². The van der Waals surface area contributed by atoms with Crippen LogP contribution in [0.4, 0.5) is 0 Å². The number of nitrogens with one attached hydrogen (secondary N) is 2. The second kappa shape index (κ2) is 9.01. The lowest BCUT2D eigenvalue weighted by Crippen LogP contribution is -2.49. The molecule has 23 heavy (non-hydrogen) atoms. The summed E-state index contributed by atoms with van der Waals surface area (Å²) in [5.41, 5.74) is 6.07. The molecule has 0 radical (unpaired) electrons. The van der Waals surface area contributed by atoms with Crippen LogP contribution in [0.25, 0.3) is 0 Å². The van der Waals surface area contributed by atoms with Crippen LogP contribution < -0.4 is 16.4 Å². The Kier molecular flexibility index (Phi) is 7.36. The van der Waals surface area contributed by atoms with E-state index in [0.717, 1.165) is 0 Å². The summed E-state index contributed by atoms with van der Waals surface area (Å²) in [6.45, 7) is -0.375. The zero-order valence-corrected chi connectivity index (χ0v) is 13.1. The number of carbonyl (C=O) groups excluding carboxylic acids is 2. The zero-order chi connectivity index (χ0) is 17.4. The van der Waals surface area contributed by atoms with Crippen molar-refractivity contribution < 1.29 is 24.6 Å². The molecule has 0 heterocycles. The van der Waals surface area contributed by atoms with Crippen LogP contribution in [0.1, 0.15) is 5.56 Å². The summed E-state index contributed by atoms with van der Waals surface area (Å²) in [5.74, 6) is -2.19. The van der Waals surface area contributed by atoms with E-state index in [9.17, 15) is 19.5 Å². The molecule has 2 atom stereocenters. The second-order valence-electron chi connectivity index (χ2n) is 4.84. The SMILES string of the molecule is N[C@@H](CS)C(=O)NCC(=O)N[C@@H](Cc1ccc(O)cc1)C(=O)O. The van der Waals surface area contributed by atoms with E-state index < -0.39 is 29.9 Å². The van der Waals surface area contributed by atoms with E-state index in [1.165, 1.54) is 12.1 Å². The molecule has 0 spiro atoms. The van der Waals surface area contributed by atoms with E-state index in [-0.39, 0.29) is 24.5 Å². The number of nitrogens with two attached hydrogens (primary N) is 1. The summed E-state index contributed by atoms with van der Waals surface area (Å²) in [4.78, 5) is 34.4. The molecular formula is C14H19N3O5S. The Hall–Kier alpha value is -2.26. The highest BCUT2D eigenvalue weighted by Gasteiger charge is 2.21. The molecule has 6 N–H and O–H groups in total. The van der Waals surface area contributed by atoms with Crippen molar-refractivity contribution in [1.29, 1.82) is 0 Å². The first kappa shape index (κ1) is 18.8. The maximum atomic E-state index is 11.7. The first-order valence-electron chi connectivity index (χ1n) is 6.77. The van der Waals surface area contributed by atoms with Crippen LogP contribution in [0, 0.1) is 0 Å². The molecule has 8 nitrogen and oxygen atoms in total. The van der Waals surface area contributed by atoms with Crippen molar-refractivity contribution in [3.63, 3.8) is 0 Å². The van der Waals surface area contributed by atoms with Crippen LogP contribution in [0.3, 0.4) is 0 Å². The molecule has 9 heteroatoms. The fraction of sp³-hybridized carbons (Fsp3) is 0.357. The number of hydrogen-bond donors (Lipinski definition) is 6. The first-order chi connectivity index (χ1) is 10.8. The maximum Gasteiger partial charge on any atom is 0.326 e. The number of hydrogen-bond acceptors (Lipinski definition) is 6. The van der Waals surface area contributed by atoms with Gasteiger partial charge < -0.3 is 26.6 Å². The third-order valence-corrected chi connectivity index (χ3v) is 3.36. The molecule has 0 bridgehead atoms. The minimum atomic E-state index is -1.20. The van der Waals surface area contributed by atoms with Gasteiger partial charge in [0.1, 0.15) is 11.8 Å². The first-order valence-corrected chi connectivity index (χ1v) is 7.41. The molecule has 126 valence electrons. The lowest BCUT2D eigenvalue weighted by molar-refractivity contribution is -0.141. The lowest BCUT2D eigenvalue weighted by Gasteiger charge is -2.15. The van der Waals surface area contributed by atoms with Gasteiger partial charge in [0.15, 0.2) is 0 Å². The van der Waals surface area contributed by atoms with Gasteiger partial charge in [-0.1, -0.05) is 12.1 Å². The number of carbonyl (C=O) groups is 3. The maximum absolute atomic E-state index is 11.7. The standard InChI is InChI=1S/C14H19N3O5S/c15-10(7-23)13(20)16-6-12(19)17-11(14(21)22)5-8-1-3-9(18)4-2-8/h1-4,10-11,18,23H,5-7,15H2,(H,16,20)(H,17,19)(H,21,22)/t10-,11-/m0/s1. The summed E-state index contributed by atoms with van der Waals surface area (Å²) in [5, 5.41) is 23.0. The van der Waals surface area contributed by atoms with Gasteiger partial charge in [-0.2, -0.15) is 12.6 Å². The molecule has 1 aromatic rings. The van der Waals surface area contributed by atoms with Crippen LogP contribution in [0.2, 0.25) is 0 Å². The molecule has 0 aliphatic carbocycles. The van der Waals surface area contributed by atoms with Crippen LogP contribution in [0.15, 0.2) is 24.3 Å². The molecule has 0 aliphatic heterocycles. The number of benzene rings is 1. The molecular weight excluding hydrogens is 322 g/mol. The molecule has 1 rings (SSSR count). The fourth-order valence-electron chi connectivity index (χ4n) is 1.69. The number of carboxylic acids is 1. The van der Waals surface area contributed by atoms with Gasteiger partial charge in [-0.3, -0.25) is 9.59 Å². The van der Waals surface area contributed by atoms with E-state index in [2.05, 4.69) is 23.3 Å². The fourth-order valence-corrected chi connectivity index (χ4v) is 1.86. The zero-order valence-electron chi connectivity index (χ0n) is 12.2. The lowest BCUT2D eigenvalue weighted by atomic mass is 10.1. The van der Waals surface area contributed by atoms with Crippen molar-refractivity contribution in [3.05, 3.63) is 29.8 Å². The molecule has 2 amide bonds. The number of thiol groups is 1. The second-order valence-corrected chi connectivity index (χ2v) is 5.20. The topological polar surface area (TPSA) is 142 Å². The quantitative estimate of drug-likeness (QED) is 0.331. The third kappa shape index (κ3) is 6.57. The van der Waals surface area contributed by atoms with Gasteiger partial charge in [-0.05, 0) is 17.7 Å². The van der Waals surface area contributed by atoms with Gasteiger partial charge in [0.25, 0.3) is 0 Å². The van der Waals surface area contributed by atoms with E-state index in [0.29, 0.717) is 5.56 Å². The molecule has 0 saturated carbocycles. The normalized spacial score (nSPS) is 13.0. The van der Waals surface area contributed by atoms with Crippen molar-refractivity contribution in [1.82, 2.24) is 10.6 Å². The van der Waals surface area contributed by atoms with E-state index in [4.69, 9.17) is 10.8 Å². The number of rotatable bonds is 8. The molecule has 0 aromatic heterocycles.